The van der Waals surface area contributed by atoms with Crippen molar-refractivity contribution in [3.8, 4) is 0 Å². The summed E-state index contributed by atoms with van der Waals surface area (Å²) in [4.78, 5) is 12.9. The Balaban J connectivity index is 1.69. The Labute approximate surface area is 206 Å². The second-order valence-corrected chi connectivity index (χ2v) is 13.7. The lowest BCUT2D eigenvalue weighted by Gasteiger charge is -2.69. The van der Waals surface area contributed by atoms with Crippen LogP contribution in [0.1, 0.15) is 99.8 Å². The molecule has 3 saturated carbocycles. The van der Waals surface area contributed by atoms with Gasteiger partial charge in [-0.3, -0.25) is 4.79 Å². The Morgan fingerprint density at radius 3 is 2.35 bits per heavy atom. The molecule has 0 saturated heterocycles. The summed E-state index contributed by atoms with van der Waals surface area (Å²) in [7, 11) is 0. The first-order chi connectivity index (χ1) is 15.6. The minimum atomic E-state index is -0.896. The maximum atomic E-state index is 12.9. The van der Waals surface area contributed by atoms with Gasteiger partial charge in [-0.05, 0) is 91.4 Å². The molecule has 0 aliphatic heterocycles. The van der Waals surface area contributed by atoms with Crippen molar-refractivity contribution in [3.05, 3.63) is 23.3 Å². The van der Waals surface area contributed by atoms with Gasteiger partial charge in [0.05, 0.1) is 12.2 Å². The first kappa shape index (κ1) is 26.1. The van der Waals surface area contributed by atoms with Crippen molar-refractivity contribution in [3.63, 3.8) is 0 Å². The number of carbonyl (C=O) groups excluding carboxylic acids is 1. The van der Waals surface area contributed by atoms with Crippen LogP contribution in [0.15, 0.2) is 23.3 Å². The largest absolute Gasteiger partial charge is 0.392 e. The van der Waals surface area contributed by atoms with E-state index in [0.717, 1.165) is 32.1 Å². The van der Waals surface area contributed by atoms with Gasteiger partial charge in [-0.25, -0.2) is 0 Å². The fourth-order valence-corrected chi connectivity index (χ4v) is 9.63. The van der Waals surface area contributed by atoms with E-state index in [2.05, 4.69) is 48.1 Å². The quantitative estimate of drug-likeness (QED) is 0.455. The van der Waals surface area contributed by atoms with Gasteiger partial charge in [-0.15, -0.1) is 0 Å². The summed E-state index contributed by atoms with van der Waals surface area (Å²) in [5, 5.41) is 32.7. The molecule has 0 heterocycles. The van der Waals surface area contributed by atoms with Gasteiger partial charge in [0.1, 0.15) is 11.9 Å². The summed E-state index contributed by atoms with van der Waals surface area (Å²) >= 11 is 0. The molecule has 192 valence electrons. The van der Waals surface area contributed by atoms with Gasteiger partial charge in [-0.2, -0.15) is 0 Å². The van der Waals surface area contributed by atoms with Gasteiger partial charge in [0.15, 0.2) is 0 Å². The van der Waals surface area contributed by atoms with Crippen LogP contribution in [-0.2, 0) is 4.79 Å². The Morgan fingerprint density at radius 2 is 1.74 bits per heavy atom. The van der Waals surface area contributed by atoms with Crippen molar-refractivity contribution in [2.45, 2.75) is 118 Å². The standard InChI is InChI=1S/C30H48O4/c1-17(2)25(34)21(31)15-18(3)19-9-13-29(7)20(19)16-22(32)26-28(6)12-11-24(33)27(4,5)23(28)10-14-30(26,29)8/h18,21-23,25-26,31-32,34H,1,9-16H2,2-8H3/t18-,21+,22+,23-,25+,26+,28+,29+,30+/m1/s1. The molecule has 4 nitrogen and oxygen atoms in total. The summed E-state index contributed by atoms with van der Waals surface area (Å²) in [5.41, 5.74) is 3.06. The molecule has 34 heavy (non-hydrogen) atoms. The molecule has 0 aromatic heterocycles. The number of aliphatic hydroxyl groups excluding tert-OH is 3. The topological polar surface area (TPSA) is 77.8 Å². The van der Waals surface area contributed by atoms with E-state index in [1.807, 2.05) is 0 Å². The second kappa shape index (κ2) is 8.28. The molecular weight excluding hydrogens is 424 g/mol. The predicted molar refractivity (Wildman–Crippen MR) is 136 cm³/mol. The lowest BCUT2D eigenvalue weighted by molar-refractivity contribution is -0.208. The van der Waals surface area contributed by atoms with E-state index in [1.54, 1.807) is 6.92 Å². The third kappa shape index (κ3) is 3.45. The summed E-state index contributed by atoms with van der Waals surface area (Å²) < 4.78 is 0. The molecule has 4 aliphatic carbocycles. The number of aliphatic hydroxyl groups is 3. The van der Waals surface area contributed by atoms with Gasteiger partial charge in [-0.1, -0.05) is 59.3 Å². The van der Waals surface area contributed by atoms with Gasteiger partial charge in [0.25, 0.3) is 0 Å². The zero-order valence-electron chi connectivity index (χ0n) is 22.6. The van der Waals surface area contributed by atoms with Crippen molar-refractivity contribution < 1.29 is 20.1 Å². The lowest BCUT2D eigenvalue weighted by Crippen LogP contribution is -2.65. The number of rotatable bonds is 5. The maximum Gasteiger partial charge on any atom is 0.138 e. The SMILES string of the molecule is C=C(C)[C@H](O)[C@@H](O)C[C@@H](C)C1=C2C[C@H](O)[C@H]3[C@@]4(C)CCC(=O)C(C)(C)[C@H]4CC[C@]3(C)[C@@]2(C)CC1. The smallest absolute Gasteiger partial charge is 0.138 e. The highest BCUT2D eigenvalue weighted by molar-refractivity contribution is 5.85. The minimum absolute atomic E-state index is 0.0149. The van der Waals surface area contributed by atoms with Crippen molar-refractivity contribution in [1.29, 1.82) is 0 Å². The monoisotopic (exact) mass is 472 g/mol. The van der Waals surface area contributed by atoms with Crippen molar-refractivity contribution in [2.24, 2.45) is 39.4 Å². The van der Waals surface area contributed by atoms with E-state index in [-0.39, 0.29) is 33.5 Å². The summed E-state index contributed by atoms with van der Waals surface area (Å²) in [5.74, 6) is 1.06. The molecule has 9 atom stereocenters. The molecule has 4 rings (SSSR count). The number of ketones is 1. The highest BCUT2D eigenvalue weighted by Gasteiger charge is 2.69. The summed E-state index contributed by atoms with van der Waals surface area (Å²) in [6.07, 6.45) is 4.79. The van der Waals surface area contributed by atoms with Crippen LogP contribution in [0.2, 0.25) is 0 Å². The van der Waals surface area contributed by atoms with Gasteiger partial charge in [0, 0.05) is 11.8 Å². The number of Topliss-reactive ketones (excluding diaryl/α,β-unsaturated/α-hetero) is 1. The fourth-order valence-electron chi connectivity index (χ4n) is 9.63. The Hall–Kier alpha value is -0.970. The predicted octanol–water partition coefficient (Wildman–Crippen LogP) is 5.60. The Kier molecular flexibility index (Phi) is 6.36. The molecule has 0 amide bonds. The molecule has 0 aromatic carbocycles. The summed E-state index contributed by atoms with van der Waals surface area (Å²) in [6, 6.07) is 0. The molecule has 0 aromatic rings. The van der Waals surface area contributed by atoms with E-state index >= 15 is 0 Å². The number of allylic oxidation sites excluding steroid dienone is 1. The average Bonchev–Trinajstić information content (AvgIpc) is 3.08. The van der Waals surface area contributed by atoms with Crippen LogP contribution in [0, 0.1) is 39.4 Å². The van der Waals surface area contributed by atoms with Gasteiger partial charge < -0.3 is 15.3 Å². The summed E-state index contributed by atoms with van der Waals surface area (Å²) in [6.45, 7) is 19.2. The van der Waals surface area contributed by atoms with Crippen LogP contribution in [0.25, 0.3) is 0 Å². The third-order valence-corrected chi connectivity index (χ3v) is 11.7. The van der Waals surface area contributed by atoms with Crippen LogP contribution >= 0.6 is 0 Å². The van der Waals surface area contributed by atoms with Crippen LogP contribution in [-0.4, -0.2) is 39.4 Å². The van der Waals surface area contributed by atoms with Crippen LogP contribution < -0.4 is 0 Å². The average molecular weight is 473 g/mol. The fraction of sp³-hybridized carbons (Fsp3) is 0.833. The molecule has 3 N–H and O–H groups in total. The molecule has 4 aliphatic rings. The molecule has 3 fully saturated rings. The first-order valence-electron chi connectivity index (χ1n) is 13.6. The first-order valence-corrected chi connectivity index (χ1v) is 13.6. The molecule has 0 spiro atoms. The number of carbonyl (C=O) groups is 1. The highest BCUT2D eigenvalue weighted by Crippen LogP contribution is 2.74. The van der Waals surface area contributed by atoms with E-state index in [1.165, 1.54) is 11.1 Å². The maximum absolute atomic E-state index is 12.9. The molecule has 4 heteroatoms. The van der Waals surface area contributed by atoms with E-state index in [4.69, 9.17) is 0 Å². The van der Waals surface area contributed by atoms with Gasteiger partial charge in [0.2, 0.25) is 0 Å². The van der Waals surface area contributed by atoms with Crippen molar-refractivity contribution in [1.82, 2.24) is 0 Å². The molecule has 0 radical (unpaired) electrons. The Bertz CT molecular complexity index is 901. The van der Waals surface area contributed by atoms with E-state index in [9.17, 15) is 20.1 Å². The van der Waals surface area contributed by atoms with Crippen molar-refractivity contribution in [2.75, 3.05) is 0 Å². The number of fused-ring (bicyclic) bond motifs is 5. The Morgan fingerprint density at radius 1 is 1.09 bits per heavy atom. The van der Waals surface area contributed by atoms with Crippen molar-refractivity contribution >= 4 is 5.78 Å². The second-order valence-electron chi connectivity index (χ2n) is 13.7. The minimum Gasteiger partial charge on any atom is -0.392 e. The zero-order chi connectivity index (χ0) is 25.4. The normalized spacial score (nSPS) is 44.1. The molecular formula is C30H48O4. The third-order valence-electron chi connectivity index (χ3n) is 11.7. The highest BCUT2D eigenvalue weighted by atomic mass is 16.3. The van der Waals surface area contributed by atoms with Crippen LogP contribution in [0.3, 0.4) is 0 Å². The van der Waals surface area contributed by atoms with E-state index in [0.29, 0.717) is 36.5 Å². The zero-order valence-corrected chi connectivity index (χ0v) is 22.6. The number of hydrogen-bond donors (Lipinski definition) is 3. The van der Waals surface area contributed by atoms with E-state index < -0.39 is 18.3 Å². The molecule has 0 bridgehead atoms. The number of hydrogen-bond acceptors (Lipinski definition) is 4. The van der Waals surface area contributed by atoms with Gasteiger partial charge >= 0.3 is 0 Å². The van der Waals surface area contributed by atoms with Crippen LogP contribution in [0.4, 0.5) is 0 Å². The molecule has 0 unspecified atom stereocenters. The van der Waals surface area contributed by atoms with Crippen LogP contribution in [0.5, 0.6) is 0 Å². The lowest BCUT2D eigenvalue weighted by atomic mass is 9.36.